The predicted molar refractivity (Wildman–Crippen MR) is 84.2 cm³/mol. The van der Waals surface area contributed by atoms with Gasteiger partial charge in [0, 0.05) is 5.56 Å². The highest BCUT2D eigenvalue weighted by atomic mass is 35.5. The molecule has 0 bridgehead atoms. The third kappa shape index (κ3) is 4.69. The topological polar surface area (TPSA) is 64.3 Å². The molecule has 1 rings (SSSR count). The largest absolute Gasteiger partial charge is 0.496 e. The van der Waals surface area contributed by atoms with Crippen LogP contribution >= 0.6 is 12.4 Å². The van der Waals surface area contributed by atoms with E-state index in [9.17, 15) is 4.79 Å². The van der Waals surface area contributed by atoms with Crippen LogP contribution in [0.5, 0.6) is 5.75 Å². The molecule has 114 valence electrons. The number of amides is 1. The van der Waals surface area contributed by atoms with E-state index in [0.29, 0.717) is 0 Å². The molecule has 0 radical (unpaired) electrons. The van der Waals surface area contributed by atoms with Gasteiger partial charge in [-0.3, -0.25) is 4.79 Å². The summed E-state index contributed by atoms with van der Waals surface area (Å²) < 4.78 is 5.29. The maximum Gasteiger partial charge on any atom is 0.237 e. The monoisotopic (exact) mass is 300 g/mol. The molecule has 0 aromatic heterocycles. The summed E-state index contributed by atoms with van der Waals surface area (Å²) in [5.74, 6) is 0.616. The Kier molecular flexibility index (Phi) is 7.03. The lowest BCUT2D eigenvalue weighted by Gasteiger charge is -2.27. The summed E-state index contributed by atoms with van der Waals surface area (Å²) in [6, 6.07) is 6.96. The summed E-state index contributed by atoms with van der Waals surface area (Å²) in [4.78, 5) is 12.1. The van der Waals surface area contributed by atoms with Crippen LogP contribution in [-0.4, -0.2) is 19.1 Å². The van der Waals surface area contributed by atoms with E-state index in [-0.39, 0.29) is 29.8 Å². The van der Waals surface area contributed by atoms with Crippen molar-refractivity contribution < 1.29 is 9.53 Å². The summed E-state index contributed by atoms with van der Waals surface area (Å²) in [7, 11) is 1.62. The minimum atomic E-state index is -0.537. The molecular weight excluding hydrogens is 276 g/mol. The molecule has 0 fully saturated rings. The zero-order valence-electron chi connectivity index (χ0n) is 12.8. The summed E-state index contributed by atoms with van der Waals surface area (Å²) in [6.45, 7) is 7.77. The van der Waals surface area contributed by atoms with E-state index >= 15 is 0 Å². The first-order chi connectivity index (χ1) is 8.77. The molecule has 0 spiro atoms. The molecule has 1 aromatic carbocycles. The normalized spacial score (nSPS) is 13.9. The standard InChI is InChI=1S/C15H24N2O2.ClH/c1-10(11-8-6-7-9-12(11)19-5)17-14(18)13(16)15(2,3)4;/h6-10,13H,16H2,1-5H3,(H,17,18);1H/t10?,13-;/m1./s1. The SMILES string of the molecule is COc1ccccc1C(C)NC(=O)[C@@H](N)C(C)(C)C.Cl. The second-order valence-electron chi connectivity index (χ2n) is 5.82. The van der Waals surface area contributed by atoms with E-state index in [1.165, 1.54) is 0 Å². The molecule has 0 aliphatic rings. The van der Waals surface area contributed by atoms with Crippen molar-refractivity contribution in [3.05, 3.63) is 29.8 Å². The van der Waals surface area contributed by atoms with E-state index in [1.54, 1.807) is 7.11 Å². The number of rotatable bonds is 4. The van der Waals surface area contributed by atoms with E-state index in [4.69, 9.17) is 10.5 Å². The lowest BCUT2D eigenvalue weighted by atomic mass is 9.86. The number of ether oxygens (including phenoxy) is 1. The summed E-state index contributed by atoms with van der Waals surface area (Å²) in [6.07, 6.45) is 0. The molecule has 1 aromatic rings. The molecule has 3 N–H and O–H groups in total. The number of benzene rings is 1. The second-order valence-corrected chi connectivity index (χ2v) is 5.82. The molecule has 4 nitrogen and oxygen atoms in total. The first-order valence-corrected chi connectivity index (χ1v) is 6.46. The van der Waals surface area contributed by atoms with Crippen LogP contribution in [0.25, 0.3) is 0 Å². The van der Waals surface area contributed by atoms with Gasteiger partial charge in [0.15, 0.2) is 0 Å². The van der Waals surface area contributed by atoms with Crippen LogP contribution < -0.4 is 15.8 Å². The van der Waals surface area contributed by atoms with Crippen molar-refractivity contribution >= 4 is 18.3 Å². The fraction of sp³-hybridized carbons (Fsp3) is 0.533. The van der Waals surface area contributed by atoms with Gasteiger partial charge in [-0.05, 0) is 18.4 Å². The molecule has 2 atom stereocenters. The van der Waals surface area contributed by atoms with Crippen molar-refractivity contribution in [3.63, 3.8) is 0 Å². The van der Waals surface area contributed by atoms with Crippen LogP contribution in [0.4, 0.5) is 0 Å². The summed E-state index contributed by atoms with van der Waals surface area (Å²) in [5, 5.41) is 2.93. The first kappa shape index (κ1) is 18.7. The van der Waals surface area contributed by atoms with Crippen molar-refractivity contribution in [1.29, 1.82) is 0 Å². The number of hydrogen-bond acceptors (Lipinski definition) is 3. The van der Waals surface area contributed by atoms with Gasteiger partial charge in [-0.1, -0.05) is 39.0 Å². The third-order valence-electron chi connectivity index (χ3n) is 3.18. The number of nitrogens with two attached hydrogens (primary N) is 1. The molecule has 1 unspecified atom stereocenters. The van der Waals surface area contributed by atoms with Crippen LogP contribution in [-0.2, 0) is 4.79 Å². The van der Waals surface area contributed by atoms with Crippen LogP contribution in [0.1, 0.15) is 39.3 Å². The molecule has 5 heteroatoms. The van der Waals surface area contributed by atoms with Gasteiger partial charge >= 0.3 is 0 Å². The zero-order chi connectivity index (χ0) is 14.6. The van der Waals surface area contributed by atoms with Gasteiger partial charge in [0.05, 0.1) is 19.2 Å². The van der Waals surface area contributed by atoms with Gasteiger partial charge in [-0.15, -0.1) is 12.4 Å². The molecule has 20 heavy (non-hydrogen) atoms. The van der Waals surface area contributed by atoms with Gasteiger partial charge in [-0.25, -0.2) is 0 Å². The van der Waals surface area contributed by atoms with Crippen molar-refractivity contribution in [2.24, 2.45) is 11.1 Å². The van der Waals surface area contributed by atoms with Gasteiger partial charge < -0.3 is 15.8 Å². The lowest BCUT2D eigenvalue weighted by molar-refractivity contribution is -0.125. The minimum absolute atomic E-state index is 0. The van der Waals surface area contributed by atoms with Gasteiger partial charge in [0.25, 0.3) is 0 Å². The minimum Gasteiger partial charge on any atom is -0.496 e. The highest BCUT2D eigenvalue weighted by Gasteiger charge is 2.28. The number of para-hydroxylation sites is 1. The maximum atomic E-state index is 12.1. The Morgan fingerprint density at radius 1 is 1.30 bits per heavy atom. The fourth-order valence-electron chi connectivity index (χ4n) is 1.80. The van der Waals surface area contributed by atoms with E-state index in [1.807, 2.05) is 52.0 Å². The summed E-state index contributed by atoms with van der Waals surface area (Å²) >= 11 is 0. The molecular formula is C15H25ClN2O2. The van der Waals surface area contributed by atoms with Gasteiger partial charge in [0.1, 0.15) is 5.75 Å². The van der Waals surface area contributed by atoms with Crippen molar-refractivity contribution in [3.8, 4) is 5.75 Å². The number of methoxy groups -OCH3 is 1. The number of halogens is 1. The summed E-state index contributed by atoms with van der Waals surface area (Å²) in [5.41, 5.74) is 6.63. The van der Waals surface area contributed by atoms with E-state index in [2.05, 4.69) is 5.32 Å². The van der Waals surface area contributed by atoms with Crippen LogP contribution in [0, 0.1) is 5.41 Å². The first-order valence-electron chi connectivity index (χ1n) is 6.46. The molecule has 0 aliphatic carbocycles. The van der Waals surface area contributed by atoms with Gasteiger partial charge in [-0.2, -0.15) is 0 Å². The number of carbonyl (C=O) groups is 1. The molecule has 0 aliphatic heterocycles. The highest BCUT2D eigenvalue weighted by Crippen LogP contribution is 2.25. The Morgan fingerprint density at radius 2 is 1.85 bits per heavy atom. The number of hydrogen-bond donors (Lipinski definition) is 2. The number of carbonyl (C=O) groups excluding carboxylic acids is 1. The van der Waals surface area contributed by atoms with Gasteiger partial charge in [0.2, 0.25) is 5.91 Å². The maximum absolute atomic E-state index is 12.1. The smallest absolute Gasteiger partial charge is 0.237 e. The average molecular weight is 301 g/mol. The highest BCUT2D eigenvalue weighted by molar-refractivity contribution is 5.85. The van der Waals surface area contributed by atoms with Crippen LogP contribution in [0.2, 0.25) is 0 Å². The second kappa shape index (κ2) is 7.50. The van der Waals surface area contributed by atoms with Crippen molar-refractivity contribution in [2.75, 3.05) is 7.11 Å². The Balaban J connectivity index is 0.00000361. The Hall–Kier alpha value is -1.26. The fourth-order valence-corrected chi connectivity index (χ4v) is 1.80. The molecule has 1 amide bonds. The van der Waals surface area contributed by atoms with E-state index in [0.717, 1.165) is 11.3 Å². The van der Waals surface area contributed by atoms with Crippen LogP contribution in [0.3, 0.4) is 0 Å². The Bertz CT molecular complexity index is 444. The third-order valence-corrected chi connectivity index (χ3v) is 3.18. The van der Waals surface area contributed by atoms with Crippen molar-refractivity contribution in [1.82, 2.24) is 5.32 Å². The Labute approximate surface area is 127 Å². The average Bonchev–Trinajstić information content (AvgIpc) is 2.36. The predicted octanol–water partition coefficient (Wildman–Crippen LogP) is 2.67. The molecule has 0 heterocycles. The lowest BCUT2D eigenvalue weighted by Crippen LogP contribution is -2.49. The number of nitrogens with one attached hydrogen (secondary N) is 1. The molecule has 0 saturated heterocycles. The van der Waals surface area contributed by atoms with Crippen LogP contribution in [0.15, 0.2) is 24.3 Å². The Morgan fingerprint density at radius 3 is 2.35 bits per heavy atom. The van der Waals surface area contributed by atoms with Crippen molar-refractivity contribution in [2.45, 2.75) is 39.8 Å². The quantitative estimate of drug-likeness (QED) is 0.898. The molecule has 0 saturated carbocycles. The zero-order valence-corrected chi connectivity index (χ0v) is 13.6. The van der Waals surface area contributed by atoms with E-state index < -0.39 is 6.04 Å².